The lowest BCUT2D eigenvalue weighted by Gasteiger charge is -2.36. The molecule has 0 aliphatic carbocycles. The average Bonchev–Trinajstić information content (AvgIpc) is 2.85. The van der Waals surface area contributed by atoms with Crippen molar-refractivity contribution < 1.29 is 4.79 Å². The minimum absolute atomic E-state index is 0.0419. The molecule has 7 heteroatoms. The van der Waals surface area contributed by atoms with E-state index in [1.165, 1.54) is 10.7 Å². The fourth-order valence-electron chi connectivity index (χ4n) is 4.19. The van der Waals surface area contributed by atoms with E-state index in [4.69, 9.17) is 0 Å². The van der Waals surface area contributed by atoms with Crippen LogP contribution in [0.15, 0.2) is 16.9 Å². The standard InChI is InChI=1S/C20H29N5O2/c1-12-9-13(2)11-24(10-12)20(27)16(5)25-18(26)8-7-17(22-25)19-14(3)21-23(6)15(19)4/h7-8,12-13,16H,9-11H2,1-6H3. The average molecular weight is 371 g/mol. The summed E-state index contributed by atoms with van der Waals surface area (Å²) in [6, 6.07) is 2.56. The van der Waals surface area contributed by atoms with Crippen LogP contribution in [0.3, 0.4) is 0 Å². The first-order valence-electron chi connectivity index (χ1n) is 9.58. The predicted octanol–water partition coefficient (Wildman–Crippen LogP) is 2.33. The minimum atomic E-state index is -0.632. The van der Waals surface area contributed by atoms with E-state index >= 15 is 0 Å². The van der Waals surface area contributed by atoms with Crippen LogP contribution < -0.4 is 5.56 Å². The van der Waals surface area contributed by atoms with Crippen LogP contribution in [0.2, 0.25) is 0 Å². The van der Waals surface area contributed by atoms with E-state index in [2.05, 4.69) is 24.0 Å². The maximum Gasteiger partial charge on any atom is 0.267 e. The van der Waals surface area contributed by atoms with Crippen molar-refractivity contribution in [1.29, 1.82) is 0 Å². The van der Waals surface area contributed by atoms with Gasteiger partial charge in [0, 0.05) is 37.5 Å². The molecule has 2 aromatic rings. The molecule has 0 N–H and O–H groups in total. The molecule has 2 aromatic heterocycles. The Morgan fingerprint density at radius 3 is 2.33 bits per heavy atom. The maximum absolute atomic E-state index is 13.0. The Balaban J connectivity index is 1.94. The molecule has 1 aliphatic heterocycles. The highest BCUT2D eigenvalue weighted by Gasteiger charge is 2.30. The number of piperidine rings is 1. The first kappa shape index (κ1) is 19.3. The summed E-state index contributed by atoms with van der Waals surface area (Å²) in [6.45, 7) is 11.5. The number of hydrogen-bond acceptors (Lipinski definition) is 4. The van der Waals surface area contributed by atoms with Crippen LogP contribution >= 0.6 is 0 Å². The van der Waals surface area contributed by atoms with Crippen LogP contribution in [0.5, 0.6) is 0 Å². The number of aromatic nitrogens is 4. The summed E-state index contributed by atoms with van der Waals surface area (Å²) in [4.78, 5) is 27.4. The highest BCUT2D eigenvalue weighted by atomic mass is 16.2. The van der Waals surface area contributed by atoms with Crippen molar-refractivity contribution in [2.75, 3.05) is 13.1 Å². The zero-order valence-corrected chi connectivity index (χ0v) is 17.1. The number of carbonyl (C=O) groups excluding carboxylic acids is 1. The van der Waals surface area contributed by atoms with Gasteiger partial charge < -0.3 is 4.90 Å². The van der Waals surface area contributed by atoms with Gasteiger partial charge in [-0.3, -0.25) is 14.3 Å². The molecule has 7 nitrogen and oxygen atoms in total. The Labute approximate surface area is 160 Å². The predicted molar refractivity (Wildman–Crippen MR) is 104 cm³/mol. The van der Waals surface area contributed by atoms with Crippen molar-refractivity contribution in [3.63, 3.8) is 0 Å². The van der Waals surface area contributed by atoms with E-state index in [-0.39, 0.29) is 11.5 Å². The second-order valence-corrected chi connectivity index (χ2v) is 8.04. The summed E-state index contributed by atoms with van der Waals surface area (Å²) in [5, 5.41) is 8.96. The van der Waals surface area contributed by atoms with Gasteiger partial charge in [0.1, 0.15) is 6.04 Å². The smallest absolute Gasteiger partial charge is 0.267 e. The SMILES string of the molecule is Cc1nn(C)c(C)c1-c1ccc(=O)n(C(C)C(=O)N2CC(C)CC(C)C2)n1. The van der Waals surface area contributed by atoms with E-state index in [0.717, 1.165) is 36.5 Å². The third-order valence-corrected chi connectivity index (χ3v) is 5.49. The molecular weight excluding hydrogens is 342 g/mol. The second kappa shape index (κ2) is 7.29. The summed E-state index contributed by atoms with van der Waals surface area (Å²) < 4.78 is 3.11. The van der Waals surface area contributed by atoms with Crippen molar-refractivity contribution >= 4 is 5.91 Å². The van der Waals surface area contributed by atoms with E-state index < -0.39 is 6.04 Å². The molecule has 1 saturated heterocycles. The van der Waals surface area contributed by atoms with Gasteiger partial charge in [0.2, 0.25) is 5.91 Å². The number of aryl methyl sites for hydroxylation is 2. The molecule has 0 aromatic carbocycles. The summed E-state index contributed by atoms with van der Waals surface area (Å²) >= 11 is 0. The molecule has 0 radical (unpaired) electrons. The normalized spacial score (nSPS) is 21.3. The van der Waals surface area contributed by atoms with E-state index in [0.29, 0.717) is 17.5 Å². The first-order valence-corrected chi connectivity index (χ1v) is 9.58. The Kier molecular flexibility index (Phi) is 5.22. The van der Waals surface area contributed by atoms with Crippen LogP contribution in [-0.2, 0) is 11.8 Å². The number of nitrogens with zero attached hydrogens (tertiary/aromatic N) is 5. The van der Waals surface area contributed by atoms with Gasteiger partial charge in [0.15, 0.2) is 0 Å². The minimum Gasteiger partial charge on any atom is -0.340 e. The van der Waals surface area contributed by atoms with Crippen LogP contribution in [-0.4, -0.2) is 43.5 Å². The summed E-state index contributed by atoms with van der Waals surface area (Å²) in [7, 11) is 1.88. The monoisotopic (exact) mass is 371 g/mol. The summed E-state index contributed by atoms with van der Waals surface area (Å²) in [5.41, 5.74) is 3.13. The number of rotatable bonds is 3. The third kappa shape index (κ3) is 3.68. The lowest BCUT2D eigenvalue weighted by Crippen LogP contribution is -2.46. The topological polar surface area (TPSA) is 73.0 Å². The second-order valence-electron chi connectivity index (χ2n) is 8.04. The van der Waals surface area contributed by atoms with Gasteiger partial charge in [0.25, 0.3) is 5.56 Å². The molecule has 3 rings (SSSR count). The number of hydrogen-bond donors (Lipinski definition) is 0. The largest absolute Gasteiger partial charge is 0.340 e. The Morgan fingerprint density at radius 1 is 1.15 bits per heavy atom. The number of carbonyl (C=O) groups is 1. The van der Waals surface area contributed by atoms with Crippen molar-refractivity contribution in [2.24, 2.45) is 18.9 Å². The molecule has 1 amide bonds. The van der Waals surface area contributed by atoms with Crippen molar-refractivity contribution in [3.05, 3.63) is 33.9 Å². The quantitative estimate of drug-likeness (QED) is 0.830. The molecule has 0 saturated carbocycles. The Hall–Kier alpha value is -2.44. The van der Waals surface area contributed by atoms with Crippen molar-refractivity contribution in [3.8, 4) is 11.3 Å². The van der Waals surface area contributed by atoms with Gasteiger partial charge in [-0.25, -0.2) is 4.68 Å². The van der Waals surface area contributed by atoms with E-state index in [1.54, 1.807) is 17.7 Å². The molecule has 0 bridgehead atoms. The number of amides is 1. The molecule has 3 unspecified atom stereocenters. The van der Waals surface area contributed by atoms with Gasteiger partial charge in [-0.1, -0.05) is 13.8 Å². The fourth-order valence-corrected chi connectivity index (χ4v) is 4.19. The zero-order valence-electron chi connectivity index (χ0n) is 17.1. The molecule has 3 atom stereocenters. The highest BCUT2D eigenvalue weighted by Crippen LogP contribution is 2.25. The zero-order chi connectivity index (χ0) is 19.9. The van der Waals surface area contributed by atoms with Gasteiger partial charge in [0.05, 0.1) is 11.4 Å². The van der Waals surface area contributed by atoms with Gasteiger partial charge >= 0.3 is 0 Å². The Morgan fingerprint density at radius 2 is 1.78 bits per heavy atom. The third-order valence-electron chi connectivity index (χ3n) is 5.49. The summed E-state index contributed by atoms with van der Waals surface area (Å²) in [5.74, 6) is 0.906. The molecular formula is C20H29N5O2. The maximum atomic E-state index is 13.0. The fraction of sp³-hybridized carbons (Fsp3) is 0.600. The molecule has 1 aliphatic rings. The molecule has 1 fully saturated rings. The van der Waals surface area contributed by atoms with Gasteiger partial charge in [-0.05, 0) is 45.1 Å². The van der Waals surface area contributed by atoms with Gasteiger partial charge in [-0.15, -0.1) is 0 Å². The molecule has 0 spiro atoms. The van der Waals surface area contributed by atoms with E-state index in [1.807, 2.05) is 25.8 Å². The summed E-state index contributed by atoms with van der Waals surface area (Å²) in [6.07, 6.45) is 1.13. The molecule has 27 heavy (non-hydrogen) atoms. The van der Waals surface area contributed by atoms with Crippen LogP contribution in [0.25, 0.3) is 11.3 Å². The lowest BCUT2D eigenvalue weighted by molar-refractivity contribution is -0.137. The molecule has 146 valence electrons. The Bertz CT molecular complexity index is 904. The van der Waals surface area contributed by atoms with Crippen LogP contribution in [0.1, 0.15) is 44.6 Å². The van der Waals surface area contributed by atoms with Crippen LogP contribution in [0.4, 0.5) is 0 Å². The molecule has 3 heterocycles. The van der Waals surface area contributed by atoms with Crippen molar-refractivity contribution in [1.82, 2.24) is 24.5 Å². The van der Waals surface area contributed by atoms with Gasteiger partial charge in [-0.2, -0.15) is 10.2 Å². The number of likely N-dealkylation sites (tertiary alicyclic amines) is 1. The highest BCUT2D eigenvalue weighted by molar-refractivity contribution is 5.80. The van der Waals surface area contributed by atoms with Crippen LogP contribution in [0, 0.1) is 25.7 Å². The van der Waals surface area contributed by atoms with Crippen molar-refractivity contribution in [2.45, 2.75) is 47.1 Å². The van der Waals surface area contributed by atoms with E-state index in [9.17, 15) is 9.59 Å². The lowest BCUT2D eigenvalue weighted by atomic mass is 9.91. The first-order chi connectivity index (χ1) is 12.7.